The number of rotatable bonds is 4. The molecule has 0 bridgehead atoms. The topological polar surface area (TPSA) is 58.4 Å². The van der Waals surface area contributed by atoms with Crippen molar-refractivity contribution >= 4 is 17.2 Å². The van der Waals surface area contributed by atoms with E-state index in [1.807, 2.05) is 11.3 Å². The number of carbonyl (C=O) groups is 1. The fourth-order valence-electron chi connectivity index (χ4n) is 2.39. The first-order valence-electron chi connectivity index (χ1n) is 6.06. The summed E-state index contributed by atoms with van der Waals surface area (Å²) in [5.41, 5.74) is 3.65. The van der Waals surface area contributed by atoms with Crippen LogP contribution in [0.3, 0.4) is 0 Å². The number of carbonyl (C=O) groups excluding carboxylic acids is 1. The van der Waals surface area contributed by atoms with Crippen molar-refractivity contribution < 1.29 is 4.79 Å². The Morgan fingerprint density at radius 2 is 2.53 bits per heavy atom. The molecule has 1 aliphatic heterocycles. The van der Waals surface area contributed by atoms with Gasteiger partial charge in [0.2, 0.25) is 0 Å². The zero-order chi connectivity index (χ0) is 12.3. The van der Waals surface area contributed by atoms with Gasteiger partial charge in [0.25, 0.3) is 5.91 Å². The van der Waals surface area contributed by atoms with Crippen LogP contribution in [0.15, 0.2) is 11.4 Å². The number of nitrogens with one attached hydrogen (secondary N) is 1. The minimum Gasteiger partial charge on any atom is -0.293 e. The van der Waals surface area contributed by atoms with Gasteiger partial charge in [0, 0.05) is 18.0 Å². The summed E-state index contributed by atoms with van der Waals surface area (Å²) in [6, 6.07) is 2.08. The Hall–Kier alpha value is -0.910. The molecule has 4 nitrogen and oxygen atoms in total. The molecule has 0 aliphatic carbocycles. The second-order valence-corrected chi connectivity index (χ2v) is 5.40. The van der Waals surface area contributed by atoms with Crippen LogP contribution in [-0.2, 0) is 17.8 Å². The number of fused-ring (bicyclic) bond motifs is 1. The molecule has 0 saturated carbocycles. The highest BCUT2D eigenvalue weighted by molar-refractivity contribution is 7.10. The fourth-order valence-corrected chi connectivity index (χ4v) is 3.28. The molecule has 2 rings (SSSR count). The largest absolute Gasteiger partial charge is 0.293 e. The first kappa shape index (κ1) is 12.5. The Balaban J connectivity index is 2.08. The van der Waals surface area contributed by atoms with Crippen LogP contribution in [0, 0.1) is 0 Å². The second-order valence-electron chi connectivity index (χ2n) is 4.40. The third kappa shape index (κ3) is 2.68. The maximum atomic E-state index is 11.8. The number of amides is 1. The molecular weight excluding hydrogens is 234 g/mol. The molecule has 1 amide bonds. The van der Waals surface area contributed by atoms with Gasteiger partial charge in [-0.15, -0.1) is 11.3 Å². The van der Waals surface area contributed by atoms with E-state index < -0.39 is 0 Å². The maximum absolute atomic E-state index is 11.8. The molecule has 1 unspecified atom stereocenters. The van der Waals surface area contributed by atoms with Crippen LogP contribution in [0.2, 0.25) is 0 Å². The Bertz CT molecular complexity index is 391. The molecule has 17 heavy (non-hydrogen) atoms. The van der Waals surface area contributed by atoms with E-state index >= 15 is 0 Å². The molecule has 3 N–H and O–H groups in total. The van der Waals surface area contributed by atoms with Crippen LogP contribution < -0.4 is 11.3 Å². The molecule has 1 aliphatic rings. The van der Waals surface area contributed by atoms with Gasteiger partial charge in [0.1, 0.15) is 0 Å². The molecule has 0 aromatic carbocycles. The summed E-state index contributed by atoms with van der Waals surface area (Å²) in [6.07, 6.45) is 2.90. The third-order valence-electron chi connectivity index (χ3n) is 3.28. The van der Waals surface area contributed by atoms with E-state index in [2.05, 4.69) is 28.7 Å². The Kier molecular flexibility index (Phi) is 4.15. The summed E-state index contributed by atoms with van der Waals surface area (Å²) < 4.78 is 0. The second kappa shape index (κ2) is 5.62. The lowest BCUT2D eigenvalue weighted by molar-refractivity contribution is -0.127. The number of hydrogen-bond acceptors (Lipinski definition) is 4. The van der Waals surface area contributed by atoms with Gasteiger partial charge in [0.15, 0.2) is 0 Å². The summed E-state index contributed by atoms with van der Waals surface area (Å²) in [7, 11) is 0. The van der Waals surface area contributed by atoms with E-state index in [9.17, 15) is 4.79 Å². The van der Waals surface area contributed by atoms with Crippen molar-refractivity contribution in [2.45, 2.75) is 38.8 Å². The summed E-state index contributed by atoms with van der Waals surface area (Å²) in [4.78, 5) is 15.5. The molecule has 0 fully saturated rings. The van der Waals surface area contributed by atoms with Crippen LogP contribution in [-0.4, -0.2) is 23.4 Å². The van der Waals surface area contributed by atoms with Gasteiger partial charge in [-0.3, -0.25) is 15.1 Å². The van der Waals surface area contributed by atoms with Gasteiger partial charge >= 0.3 is 0 Å². The minimum atomic E-state index is -0.0851. The van der Waals surface area contributed by atoms with Crippen molar-refractivity contribution in [1.82, 2.24) is 10.3 Å². The highest BCUT2D eigenvalue weighted by Crippen LogP contribution is 2.26. The summed E-state index contributed by atoms with van der Waals surface area (Å²) in [5, 5.41) is 2.13. The predicted molar refractivity (Wildman–Crippen MR) is 69.5 cm³/mol. The number of nitrogens with two attached hydrogens (primary N) is 1. The molecule has 0 spiro atoms. The van der Waals surface area contributed by atoms with Gasteiger partial charge < -0.3 is 0 Å². The Morgan fingerprint density at radius 1 is 1.71 bits per heavy atom. The standard InChI is InChI=1S/C12H19N3OS/c1-2-3-10(12(16)14-13)15-6-4-11-9(8-15)5-7-17-11/h5,7,10H,2-4,6,8,13H2,1H3,(H,14,16). The van der Waals surface area contributed by atoms with Gasteiger partial charge in [-0.25, -0.2) is 5.84 Å². The smallest absolute Gasteiger partial charge is 0.251 e. The van der Waals surface area contributed by atoms with E-state index in [1.165, 1.54) is 10.4 Å². The summed E-state index contributed by atoms with van der Waals surface area (Å²) in [5.74, 6) is 5.20. The van der Waals surface area contributed by atoms with Crippen molar-refractivity contribution in [3.8, 4) is 0 Å². The summed E-state index contributed by atoms with van der Waals surface area (Å²) in [6.45, 7) is 3.92. The molecule has 0 radical (unpaired) electrons. The molecule has 1 atom stereocenters. The van der Waals surface area contributed by atoms with Gasteiger partial charge in [-0.1, -0.05) is 13.3 Å². The van der Waals surface area contributed by atoms with E-state index in [1.54, 1.807) is 0 Å². The number of hydrogen-bond donors (Lipinski definition) is 2. The van der Waals surface area contributed by atoms with Crippen molar-refractivity contribution in [3.05, 3.63) is 21.9 Å². The molecule has 2 heterocycles. The first-order chi connectivity index (χ1) is 8.26. The molecule has 5 heteroatoms. The lowest BCUT2D eigenvalue weighted by Gasteiger charge is -2.33. The van der Waals surface area contributed by atoms with Crippen molar-refractivity contribution in [1.29, 1.82) is 0 Å². The number of hydrazine groups is 1. The molecule has 1 aromatic rings. The quantitative estimate of drug-likeness (QED) is 0.482. The highest BCUT2D eigenvalue weighted by Gasteiger charge is 2.28. The van der Waals surface area contributed by atoms with Crippen LogP contribution in [0.5, 0.6) is 0 Å². The fraction of sp³-hybridized carbons (Fsp3) is 0.583. The molecule has 0 saturated heterocycles. The number of thiophene rings is 1. The highest BCUT2D eigenvalue weighted by atomic mass is 32.1. The predicted octanol–water partition coefficient (Wildman–Crippen LogP) is 1.26. The average Bonchev–Trinajstić information content (AvgIpc) is 2.82. The van der Waals surface area contributed by atoms with Crippen LogP contribution >= 0.6 is 11.3 Å². The van der Waals surface area contributed by atoms with Crippen molar-refractivity contribution in [3.63, 3.8) is 0 Å². The normalized spacial score (nSPS) is 17.5. The Morgan fingerprint density at radius 3 is 3.24 bits per heavy atom. The lowest BCUT2D eigenvalue weighted by Crippen LogP contribution is -2.50. The summed E-state index contributed by atoms with van der Waals surface area (Å²) >= 11 is 1.81. The van der Waals surface area contributed by atoms with Crippen LogP contribution in [0.25, 0.3) is 0 Å². The van der Waals surface area contributed by atoms with Gasteiger partial charge in [-0.05, 0) is 29.9 Å². The monoisotopic (exact) mass is 253 g/mol. The Labute approximate surface area is 106 Å². The van der Waals surface area contributed by atoms with E-state index in [0.29, 0.717) is 0 Å². The average molecular weight is 253 g/mol. The zero-order valence-electron chi connectivity index (χ0n) is 10.1. The first-order valence-corrected chi connectivity index (χ1v) is 6.94. The third-order valence-corrected chi connectivity index (χ3v) is 4.31. The molecule has 94 valence electrons. The van der Waals surface area contributed by atoms with E-state index in [0.717, 1.165) is 32.4 Å². The van der Waals surface area contributed by atoms with Crippen molar-refractivity contribution in [2.24, 2.45) is 5.84 Å². The van der Waals surface area contributed by atoms with Crippen LogP contribution in [0.4, 0.5) is 0 Å². The number of nitrogens with zero attached hydrogens (tertiary/aromatic N) is 1. The minimum absolute atomic E-state index is 0.0643. The molecular formula is C12H19N3OS. The van der Waals surface area contributed by atoms with Gasteiger partial charge in [0.05, 0.1) is 6.04 Å². The van der Waals surface area contributed by atoms with Gasteiger partial charge in [-0.2, -0.15) is 0 Å². The molecule has 1 aromatic heterocycles. The van der Waals surface area contributed by atoms with E-state index in [4.69, 9.17) is 5.84 Å². The maximum Gasteiger partial charge on any atom is 0.251 e. The van der Waals surface area contributed by atoms with Crippen molar-refractivity contribution in [2.75, 3.05) is 6.54 Å². The zero-order valence-corrected chi connectivity index (χ0v) is 10.9. The lowest BCUT2D eigenvalue weighted by atomic mass is 10.0. The van der Waals surface area contributed by atoms with Crippen LogP contribution in [0.1, 0.15) is 30.2 Å². The van der Waals surface area contributed by atoms with E-state index in [-0.39, 0.29) is 11.9 Å². The SMILES string of the molecule is CCCC(C(=O)NN)N1CCc2sccc2C1.